The molecule has 1 aliphatic rings. The zero-order chi connectivity index (χ0) is 21.1. The quantitative estimate of drug-likeness (QED) is 0.677. The molecule has 0 unspecified atom stereocenters. The Morgan fingerprint density at radius 3 is 2.83 bits per heavy atom. The van der Waals surface area contributed by atoms with Crippen molar-refractivity contribution in [2.75, 3.05) is 25.0 Å². The minimum atomic E-state index is -0.414. The van der Waals surface area contributed by atoms with E-state index in [0.717, 1.165) is 35.5 Å². The second-order valence-electron chi connectivity index (χ2n) is 7.56. The van der Waals surface area contributed by atoms with Crippen LogP contribution in [-0.2, 0) is 25.9 Å². The number of halogens is 2. The number of benzene rings is 1. The lowest BCUT2D eigenvalue weighted by molar-refractivity contribution is 0.278. The first-order valence-corrected chi connectivity index (χ1v) is 10.3. The fraction of sp³-hybridized carbons (Fsp3) is 0.318. The van der Waals surface area contributed by atoms with Gasteiger partial charge in [-0.1, -0.05) is 23.7 Å². The van der Waals surface area contributed by atoms with Gasteiger partial charge >= 0.3 is 0 Å². The first kappa shape index (κ1) is 20.5. The molecule has 0 fully saturated rings. The lowest BCUT2D eigenvalue weighted by atomic mass is 10.1. The third-order valence-electron chi connectivity index (χ3n) is 5.33. The van der Waals surface area contributed by atoms with E-state index >= 15 is 0 Å². The molecular weight excluding hydrogens is 405 g/mol. The molecule has 0 bridgehead atoms. The summed E-state index contributed by atoms with van der Waals surface area (Å²) in [5.41, 5.74) is 3.49. The molecule has 1 N–H and O–H groups in total. The van der Waals surface area contributed by atoms with E-state index < -0.39 is 5.82 Å². The molecule has 8 heteroatoms. The number of nitrogens with one attached hydrogen (secondary N) is 1. The van der Waals surface area contributed by atoms with E-state index in [1.54, 1.807) is 24.5 Å². The van der Waals surface area contributed by atoms with Crippen LogP contribution in [0.2, 0.25) is 5.02 Å². The van der Waals surface area contributed by atoms with Crippen LogP contribution >= 0.6 is 11.6 Å². The van der Waals surface area contributed by atoms with Crippen LogP contribution in [-0.4, -0.2) is 40.0 Å². The van der Waals surface area contributed by atoms with Gasteiger partial charge in [-0.25, -0.2) is 9.37 Å². The van der Waals surface area contributed by atoms with Crippen LogP contribution in [0.1, 0.15) is 22.4 Å². The zero-order valence-electron chi connectivity index (χ0n) is 16.7. The van der Waals surface area contributed by atoms with Crippen molar-refractivity contribution in [3.63, 3.8) is 0 Å². The molecule has 3 aromatic rings. The van der Waals surface area contributed by atoms with Gasteiger partial charge in [0.05, 0.1) is 10.7 Å². The van der Waals surface area contributed by atoms with Crippen molar-refractivity contribution in [2.45, 2.75) is 25.9 Å². The molecule has 1 aromatic carbocycles. The second-order valence-corrected chi connectivity index (χ2v) is 7.96. The largest absolute Gasteiger partial charge is 0.341 e. The van der Waals surface area contributed by atoms with E-state index in [1.807, 2.05) is 24.1 Å². The summed E-state index contributed by atoms with van der Waals surface area (Å²) in [5.74, 6) is 0.142. The Bertz CT molecular complexity index is 1090. The number of hydrogen-bond acceptors (Lipinski definition) is 5. The number of aromatic amines is 1. The van der Waals surface area contributed by atoms with Crippen LogP contribution in [0.4, 0.5) is 10.3 Å². The predicted molar refractivity (Wildman–Crippen MR) is 115 cm³/mol. The number of rotatable bonds is 5. The van der Waals surface area contributed by atoms with Gasteiger partial charge in [0, 0.05) is 57.6 Å². The summed E-state index contributed by atoms with van der Waals surface area (Å²) in [6.45, 7) is 2.76. The van der Waals surface area contributed by atoms with Gasteiger partial charge in [0.15, 0.2) is 0 Å². The molecule has 0 radical (unpaired) electrons. The maximum absolute atomic E-state index is 13.4. The zero-order valence-corrected chi connectivity index (χ0v) is 17.5. The van der Waals surface area contributed by atoms with Crippen molar-refractivity contribution in [3.05, 3.63) is 86.3 Å². The maximum atomic E-state index is 13.4. The fourth-order valence-electron chi connectivity index (χ4n) is 3.72. The Kier molecular flexibility index (Phi) is 6.11. The molecule has 0 amide bonds. The van der Waals surface area contributed by atoms with Crippen LogP contribution in [0.15, 0.2) is 47.5 Å². The normalized spacial score (nSPS) is 14.2. The van der Waals surface area contributed by atoms with Gasteiger partial charge < -0.3 is 4.90 Å². The standard InChI is InChI=1S/C22H23ClFN5O/c1-28(13-16-3-2-8-25-12-16)22-26-20-7-10-29(9-6-17(20)21(30)27-22)14-15-4-5-19(24)18(23)11-15/h2-5,8,11-12H,6-7,9-10,13-14H2,1H3,(H,26,27,30). The summed E-state index contributed by atoms with van der Waals surface area (Å²) in [4.78, 5) is 28.7. The Morgan fingerprint density at radius 1 is 1.23 bits per heavy atom. The number of nitrogens with zero attached hydrogens (tertiary/aromatic N) is 4. The lowest BCUT2D eigenvalue weighted by Gasteiger charge is -2.19. The van der Waals surface area contributed by atoms with Crippen LogP contribution < -0.4 is 10.5 Å². The first-order chi connectivity index (χ1) is 14.5. The smallest absolute Gasteiger partial charge is 0.255 e. The number of aromatic nitrogens is 3. The van der Waals surface area contributed by atoms with Crippen LogP contribution in [0.3, 0.4) is 0 Å². The van der Waals surface area contributed by atoms with Gasteiger partial charge in [0.1, 0.15) is 5.82 Å². The van der Waals surface area contributed by atoms with Crippen molar-refractivity contribution < 1.29 is 4.39 Å². The van der Waals surface area contributed by atoms with E-state index in [4.69, 9.17) is 16.6 Å². The fourth-order valence-corrected chi connectivity index (χ4v) is 3.92. The molecule has 0 atom stereocenters. The third-order valence-corrected chi connectivity index (χ3v) is 5.62. The highest BCUT2D eigenvalue weighted by molar-refractivity contribution is 6.30. The van der Waals surface area contributed by atoms with Crippen LogP contribution in [0.25, 0.3) is 0 Å². The van der Waals surface area contributed by atoms with Gasteiger partial charge in [-0.2, -0.15) is 0 Å². The molecule has 0 saturated heterocycles. The number of fused-ring (bicyclic) bond motifs is 1. The Hall–Kier alpha value is -2.77. The maximum Gasteiger partial charge on any atom is 0.255 e. The second kappa shape index (κ2) is 8.93. The van der Waals surface area contributed by atoms with Crippen molar-refractivity contribution in [1.29, 1.82) is 0 Å². The average Bonchev–Trinajstić information content (AvgIpc) is 2.94. The van der Waals surface area contributed by atoms with Crippen molar-refractivity contribution >= 4 is 17.5 Å². The molecule has 2 aromatic heterocycles. The van der Waals surface area contributed by atoms with Gasteiger partial charge in [0.2, 0.25) is 5.95 Å². The van der Waals surface area contributed by atoms with Gasteiger partial charge in [-0.15, -0.1) is 0 Å². The molecule has 30 heavy (non-hydrogen) atoms. The van der Waals surface area contributed by atoms with E-state index in [0.29, 0.717) is 31.9 Å². The predicted octanol–water partition coefficient (Wildman–Crippen LogP) is 3.19. The lowest BCUT2D eigenvalue weighted by Crippen LogP contribution is -2.27. The first-order valence-electron chi connectivity index (χ1n) is 9.88. The molecule has 4 rings (SSSR count). The van der Waals surface area contributed by atoms with Gasteiger partial charge in [-0.3, -0.25) is 19.7 Å². The topological polar surface area (TPSA) is 65.1 Å². The third kappa shape index (κ3) is 4.68. The Balaban J connectivity index is 1.48. The molecule has 1 aliphatic heterocycles. The molecule has 6 nitrogen and oxygen atoms in total. The van der Waals surface area contributed by atoms with E-state index in [-0.39, 0.29) is 10.6 Å². The summed E-state index contributed by atoms with van der Waals surface area (Å²) in [5, 5.41) is 0.130. The minimum absolute atomic E-state index is 0.0836. The number of H-pyrrole nitrogens is 1. The average molecular weight is 428 g/mol. The van der Waals surface area contributed by atoms with Crippen molar-refractivity contribution in [3.8, 4) is 0 Å². The molecule has 0 saturated carbocycles. The molecule has 0 spiro atoms. The molecule has 156 valence electrons. The monoisotopic (exact) mass is 427 g/mol. The number of pyridine rings is 1. The summed E-state index contributed by atoms with van der Waals surface area (Å²) in [6, 6.07) is 8.67. The van der Waals surface area contributed by atoms with Gasteiger partial charge in [-0.05, 0) is 35.7 Å². The van der Waals surface area contributed by atoms with Crippen LogP contribution in [0.5, 0.6) is 0 Å². The molecule has 3 heterocycles. The Labute approximate surface area is 179 Å². The SMILES string of the molecule is CN(Cc1cccnc1)c1nc2c(c(=O)[nH]1)CCN(Cc1ccc(F)c(Cl)c1)CC2. The summed E-state index contributed by atoms with van der Waals surface area (Å²) < 4.78 is 13.4. The van der Waals surface area contributed by atoms with E-state index in [1.165, 1.54) is 6.07 Å². The molecule has 0 aliphatic carbocycles. The Morgan fingerprint density at radius 2 is 2.07 bits per heavy atom. The van der Waals surface area contributed by atoms with E-state index in [9.17, 15) is 9.18 Å². The number of hydrogen-bond donors (Lipinski definition) is 1. The minimum Gasteiger partial charge on any atom is -0.341 e. The van der Waals surface area contributed by atoms with E-state index in [2.05, 4.69) is 14.9 Å². The number of anilines is 1. The summed E-state index contributed by atoms with van der Waals surface area (Å²) >= 11 is 5.91. The van der Waals surface area contributed by atoms with Crippen molar-refractivity contribution in [1.82, 2.24) is 19.9 Å². The highest BCUT2D eigenvalue weighted by atomic mass is 35.5. The van der Waals surface area contributed by atoms with Gasteiger partial charge in [0.25, 0.3) is 5.56 Å². The highest BCUT2D eigenvalue weighted by Crippen LogP contribution is 2.19. The summed E-state index contributed by atoms with van der Waals surface area (Å²) in [6.07, 6.45) is 4.84. The molecular formula is C22H23ClFN5O. The summed E-state index contributed by atoms with van der Waals surface area (Å²) in [7, 11) is 1.90. The van der Waals surface area contributed by atoms with Crippen molar-refractivity contribution in [2.24, 2.45) is 0 Å². The van der Waals surface area contributed by atoms with Crippen LogP contribution in [0, 0.1) is 5.82 Å². The highest BCUT2D eigenvalue weighted by Gasteiger charge is 2.20.